The lowest BCUT2D eigenvalue weighted by molar-refractivity contribution is 0.0765. The Morgan fingerprint density at radius 2 is 1.71 bits per heavy atom. The first kappa shape index (κ1) is 17.7. The van der Waals surface area contributed by atoms with Crippen molar-refractivity contribution in [1.29, 1.82) is 0 Å². The maximum atomic E-state index is 5.53. The van der Waals surface area contributed by atoms with Crippen LogP contribution < -0.4 is 10.6 Å². The molecule has 5 heteroatoms. The average molecular weight is 294 g/mol. The standard InChI is InChI=1S/C16H30N4O/c1-6-17-14-11-15(20-16(19-14)12(2)3)18-9-7-8-10-21-13(4)5/h11-13H,6-10H2,1-5H3,(H2,17,18,19,20). The van der Waals surface area contributed by atoms with Crippen LogP contribution in [0.25, 0.3) is 0 Å². The van der Waals surface area contributed by atoms with E-state index in [1.165, 1.54) is 0 Å². The van der Waals surface area contributed by atoms with Gasteiger partial charge in [0.1, 0.15) is 17.5 Å². The Morgan fingerprint density at radius 3 is 2.29 bits per heavy atom. The van der Waals surface area contributed by atoms with E-state index >= 15 is 0 Å². The van der Waals surface area contributed by atoms with Crippen molar-refractivity contribution >= 4 is 11.6 Å². The van der Waals surface area contributed by atoms with Gasteiger partial charge in [0.15, 0.2) is 0 Å². The predicted octanol–water partition coefficient (Wildman–Crippen LogP) is 3.65. The molecule has 0 aromatic carbocycles. The van der Waals surface area contributed by atoms with Gasteiger partial charge in [-0.2, -0.15) is 0 Å². The first-order valence-electron chi connectivity index (χ1n) is 8.01. The molecule has 5 nitrogen and oxygen atoms in total. The fourth-order valence-corrected chi connectivity index (χ4v) is 1.85. The number of rotatable bonds is 10. The third-order valence-electron chi connectivity index (χ3n) is 2.95. The number of hydrogen-bond donors (Lipinski definition) is 2. The van der Waals surface area contributed by atoms with E-state index in [0.29, 0.717) is 12.0 Å². The topological polar surface area (TPSA) is 59.1 Å². The molecule has 0 aliphatic carbocycles. The van der Waals surface area contributed by atoms with Gasteiger partial charge in [-0.3, -0.25) is 0 Å². The average Bonchev–Trinajstić information content (AvgIpc) is 2.42. The second-order valence-electron chi connectivity index (χ2n) is 5.74. The molecule has 0 bridgehead atoms. The highest BCUT2D eigenvalue weighted by molar-refractivity contribution is 5.47. The molecule has 0 spiro atoms. The minimum absolute atomic E-state index is 0.316. The van der Waals surface area contributed by atoms with Crippen LogP contribution in [0.3, 0.4) is 0 Å². The largest absolute Gasteiger partial charge is 0.379 e. The van der Waals surface area contributed by atoms with Gasteiger partial charge in [-0.1, -0.05) is 13.8 Å². The van der Waals surface area contributed by atoms with Gasteiger partial charge in [-0.25, -0.2) is 9.97 Å². The van der Waals surface area contributed by atoms with E-state index in [1.807, 2.05) is 6.07 Å². The second kappa shape index (κ2) is 9.55. The fraction of sp³-hybridized carbons (Fsp3) is 0.750. The summed E-state index contributed by atoms with van der Waals surface area (Å²) in [7, 11) is 0. The summed E-state index contributed by atoms with van der Waals surface area (Å²) in [4.78, 5) is 9.09. The molecule has 0 saturated heterocycles. The molecule has 120 valence electrons. The Bertz CT molecular complexity index is 407. The first-order valence-corrected chi connectivity index (χ1v) is 8.01. The van der Waals surface area contributed by atoms with Crippen molar-refractivity contribution in [3.05, 3.63) is 11.9 Å². The van der Waals surface area contributed by atoms with Crippen molar-refractivity contribution in [1.82, 2.24) is 9.97 Å². The molecule has 1 aromatic rings. The molecular weight excluding hydrogens is 264 g/mol. The van der Waals surface area contributed by atoms with Gasteiger partial charge in [-0.05, 0) is 33.6 Å². The van der Waals surface area contributed by atoms with Crippen molar-refractivity contribution in [3.63, 3.8) is 0 Å². The number of nitrogens with one attached hydrogen (secondary N) is 2. The quantitative estimate of drug-likeness (QED) is 0.645. The molecule has 0 fully saturated rings. The van der Waals surface area contributed by atoms with Crippen molar-refractivity contribution in [3.8, 4) is 0 Å². The van der Waals surface area contributed by atoms with Crippen LogP contribution in [-0.4, -0.2) is 35.8 Å². The van der Waals surface area contributed by atoms with Crippen molar-refractivity contribution in [2.45, 2.75) is 59.5 Å². The van der Waals surface area contributed by atoms with Crippen LogP contribution in [0.15, 0.2) is 6.07 Å². The third-order valence-corrected chi connectivity index (χ3v) is 2.95. The van der Waals surface area contributed by atoms with Gasteiger partial charge < -0.3 is 15.4 Å². The van der Waals surface area contributed by atoms with E-state index in [1.54, 1.807) is 0 Å². The summed E-state index contributed by atoms with van der Waals surface area (Å²) in [6.07, 6.45) is 2.45. The molecule has 0 amide bonds. The summed E-state index contributed by atoms with van der Waals surface area (Å²) in [6, 6.07) is 1.97. The molecule has 1 aromatic heterocycles. The molecular formula is C16H30N4O. The smallest absolute Gasteiger partial charge is 0.135 e. The van der Waals surface area contributed by atoms with Crippen LogP contribution >= 0.6 is 0 Å². The van der Waals surface area contributed by atoms with E-state index < -0.39 is 0 Å². The van der Waals surface area contributed by atoms with Gasteiger partial charge in [0, 0.05) is 31.7 Å². The maximum Gasteiger partial charge on any atom is 0.135 e. The molecule has 1 heterocycles. The van der Waals surface area contributed by atoms with Crippen molar-refractivity contribution in [2.75, 3.05) is 30.3 Å². The van der Waals surface area contributed by atoms with E-state index in [9.17, 15) is 0 Å². The highest BCUT2D eigenvalue weighted by atomic mass is 16.5. The Balaban J connectivity index is 2.46. The van der Waals surface area contributed by atoms with Crippen LogP contribution in [0.4, 0.5) is 11.6 Å². The Kier molecular flexibility index (Phi) is 8.05. The number of unbranched alkanes of at least 4 members (excludes halogenated alkanes) is 1. The minimum atomic E-state index is 0.316. The van der Waals surface area contributed by atoms with E-state index in [0.717, 1.165) is 50.0 Å². The van der Waals surface area contributed by atoms with Gasteiger partial charge in [0.25, 0.3) is 0 Å². The summed E-state index contributed by atoms with van der Waals surface area (Å²) >= 11 is 0. The minimum Gasteiger partial charge on any atom is -0.379 e. The van der Waals surface area contributed by atoms with Crippen molar-refractivity contribution < 1.29 is 4.74 Å². The number of hydrogen-bond acceptors (Lipinski definition) is 5. The highest BCUT2D eigenvalue weighted by Gasteiger charge is 2.07. The zero-order valence-corrected chi connectivity index (χ0v) is 14.1. The molecule has 0 aliphatic heterocycles. The van der Waals surface area contributed by atoms with Crippen LogP contribution in [-0.2, 0) is 4.74 Å². The van der Waals surface area contributed by atoms with Crippen molar-refractivity contribution in [2.24, 2.45) is 0 Å². The van der Waals surface area contributed by atoms with E-state index in [-0.39, 0.29) is 0 Å². The van der Waals surface area contributed by atoms with Gasteiger partial charge >= 0.3 is 0 Å². The highest BCUT2D eigenvalue weighted by Crippen LogP contribution is 2.17. The molecule has 1 rings (SSSR count). The zero-order chi connectivity index (χ0) is 15.7. The van der Waals surface area contributed by atoms with E-state index in [4.69, 9.17) is 4.74 Å². The molecule has 0 atom stereocenters. The molecule has 0 radical (unpaired) electrons. The lowest BCUT2D eigenvalue weighted by atomic mass is 10.2. The fourth-order valence-electron chi connectivity index (χ4n) is 1.85. The zero-order valence-electron chi connectivity index (χ0n) is 14.1. The molecule has 2 N–H and O–H groups in total. The number of ether oxygens (including phenoxy) is 1. The summed E-state index contributed by atoms with van der Waals surface area (Å²) in [5, 5.41) is 6.64. The predicted molar refractivity (Wildman–Crippen MR) is 89.1 cm³/mol. The number of nitrogens with zero attached hydrogens (tertiary/aromatic N) is 2. The molecule has 0 unspecified atom stereocenters. The van der Waals surface area contributed by atoms with Gasteiger partial charge in [-0.15, -0.1) is 0 Å². The lowest BCUT2D eigenvalue weighted by Gasteiger charge is -2.12. The lowest BCUT2D eigenvalue weighted by Crippen LogP contribution is -2.11. The first-order chi connectivity index (χ1) is 10.0. The van der Waals surface area contributed by atoms with Gasteiger partial charge in [0.2, 0.25) is 0 Å². The number of anilines is 2. The SMILES string of the molecule is CCNc1cc(NCCCCOC(C)C)nc(C(C)C)n1. The third kappa shape index (κ3) is 7.27. The number of aromatic nitrogens is 2. The normalized spacial score (nSPS) is 11.2. The van der Waals surface area contributed by atoms with Gasteiger partial charge in [0.05, 0.1) is 6.10 Å². The summed E-state index contributed by atoms with van der Waals surface area (Å²) < 4.78 is 5.53. The molecule has 0 aliphatic rings. The maximum absolute atomic E-state index is 5.53. The van der Waals surface area contributed by atoms with Crippen LogP contribution in [0.2, 0.25) is 0 Å². The Morgan fingerprint density at radius 1 is 1.05 bits per heavy atom. The summed E-state index contributed by atoms with van der Waals surface area (Å²) in [5.41, 5.74) is 0. The van der Waals surface area contributed by atoms with Crippen LogP contribution in [0.5, 0.6) is 0 Å². The molecule has 21 heavy (non-hydrogen) atoms. The monoisotopic (exact) mass is 294 g/mol. The van der Waals surface area contributed by atoms with Crippen LogP contribution in [0, 0.1) is 0 Å². The Labute approximate surface area is 128 Å². The van der Waals surface area contributed by atoms with Crippen LogP contribution in [0.1, 0.15) is 59.2 Å². The Hall–Kier alpha value is -1.36. The summed E-state index contributed by atoms with van der Waals surface area (Å²) in [6.45, 7) is 13.0. The second-order valence-corrected chi connectivity index (χ2v) is 5.74. The molecule has 0 saturated carbocycles. The summed E-state index contributed by atoms with van der Waals surface area (Å²) in [5.74, 6) is 2.99. The van der Waals surface area contributed by atoms with E-state index in [2.05, 4.69) is 55.2 Å².